The SMILES string of the molecule is CCC(=O)OC1CCC2C3CCc4cc(O)ccc4C3CCC12C.Cl.Cl.OCCN1CCN(CCCN2c3ccccc3Sc3ccc(C(F)(F)F)cc32)CC1. The molecule has 0 amide bonds. The van der Waals surface area contributed by atoms with Gasteiger partial charge in [0.15, 0.2) is 0 Å². The van der Waals surface area contributed by atoms with E-state index in [0.717, 1.165) is 73.9 Å². The Kier molecular flexibility index (Phi) is 15.0. The standard InChI is InChI=1S/C22H26F3N3OS.C21H28O3.2ClH/c23-22(24,25)17-6-7-21-19(16-17)28(18-4-1-2-5-20(18)30-21)9-3-8-26-10-12-27(13-11-26)14-15-29;1-3-20(23)24-19-9-8-18-17-6-4-13-12-14(22)5-7-15(13)16(17)10-11-21(18,19)2;;/h1-2,4-7,16,29H,3,8-15H2;5,7,12,16-19,22H,3-4,6,8-11H2,1-2H3;2*1H. The van der Waals surface area contributed by atoms with Gasteiger partial charge in [0.2, 0.25) is 0 Å². The number of phenols is 1. The highest BCUT2D eigenvalue weighted by atomic mass is 35.5. The third-order valence-corrected chi connectivity index (χ3v) is 14.0. The summed E-state index contributed by atoms with van der Waals surface area (Å²) in [6.45, 7) is 10.5. The van der Waals surface area contributed by atoms with E-state index in [1.54, 1.807) is 6.07 Å². The first-order valence-corrected chi connectivity index (χ1v) is 20.6. The van der Waals surface area contributed by atoms with Crippen molar-refractivity contribution in [2.75, 3.05) is 57.3 Å². The molecule has 0 spiro atoms. The number of phenolic OH excluding ortho intramolecular Hbond substituents is 1. The average Bonchev–Trinajstić information content (AvgIpc) is 3.50. The second kappa shape index (κ2) is 18.9. The number of benzene rings is 3. The van der Waals surface area contributed by atoms with Crippen molar-refractivity contribution >= 4 is 53.9 Å². The van der Waals surface area contributed by atoms with Crippen LogP contribution in [0.3, 0.4) is 0 Å². The molecule has 1 saturated heterocycles. The van der Waals surface area contributed by atoms with Crippen LogP contribution in [0.1, 0.15) is 81.4 Å². The largest absolute Gasteiger partial charge is 0.508 e. The fourth-order valence-electron chi connectivity index (χ4n) is 10.0. The van der Waals surface area contributed by atoms with E-state index in [1.165, 1.54) is 54.3 Å². The fourth-order valence-corrected chi connectivity index (χ4v) is 11.1. The van der Waals surface area contributed by atoms with E-state index in [0.29, 0.717) is 48.7 Å². The number of piperazine rings is 1. The lowest BCUT2D eigenvalue weighted by Gasteiger charge is -2.50. The third kappa shape index (κ3) is 9.45. The van der Waals surface area contributed by atoms with Gasteiger partial charge in [0.1, 0.15) is 11.9 Å². The Bertz CT molecular complexity index is 1800. The molecule has 2 heterocycles. The van der Waals surface area contributed by atoms with Crippen LogP contribution in [0, 0.1) is 17.3 Å². The van der Waals surface area contributed by atoms with Gasteiger partial charge in [-0.25, -0.2) is 0 Å². The highest BCUT2D eigenvalue weighted by Gasteiger charge is 2.56. The number of aliphatic hydroxyl groups is 1. The lowest BCUT2D eigenvalue weighted by molar-refractivity contribution is -0.157. The van der Waals surface area contributed by atoms with Gasteiger partial charge in [-0.1, -0.05) is 43.8 Å². The van der Waals surface area contributed by atoms with Gasteiger partial charge in [-0.3, -0.25) is 9.69 Å². The lowest BCUT2D eigenvalue weighted by Crippen LogP contribution is -2.47. The molecule has 0 bridgehead atoms. The molecule has 5 atom stereocenters. The van der Waals surface area contributed by atoms with Crippen LogP contribution in [0.2, 0.25) is 0 Å². The van der Waals surface area contributed by atoms with Crippen LogP contribution in [0.5, 0.6) is 5.75 Å². The van der Waals surface area contributed by atoms with E-state index < -0.39 is 11.7 Å². The van der Waals surface area contributed by atoms with Crippen molar-refractivity contribution in [2.45, 2.75) is 93.2 Å². The molecule has 2 N–H and O–H groups in total. The zero-order valence-electron chi connectivity index (χ0n) is 32.3. The van der Waals surface area contributed by atoms with E-state index in [-0.39, 0.29) is 48.9 Å². The highest BCUT2D eigenvalue weighted by molar-refractivity contribution is 7.99. The Labute approximate surface area is 346 Å². The van der Waals surface area contributed by atoms with Crippen LogP contribution in [-0.2, 0) is 22.1 Å². The number of esters is 1. The molecule has 2 saturated carbocycles. The molecule has 5 aliphatic rings. The summed E-state index contributed by atoms with van der Waals surface area (Å²) in [5, 5.41) is 18.8. The first-order valence-electron chi connectivity index (χ1n) is 19.8. The van der Waals surface area contributed by atoms with E-state index in [1.807, 2.05) is 48.2 Å². The molecule has 308 valence electrons. The molecule has 8 rings (SSSR count). The number of halogens is 5. The second-order valence-electron chi connectivity index (χ2n) is 15.9. The molecule has 3 aromatic rings. The van der Waals surface area contributed by atoms with Crippen LogP contribution in [-0.4, -0.2) is 84.5 Å². The van der Waals surface area contributed by atoms with Crippen molar-refractivity contribution in [1.82, 2.24) is 9.80 Å². The molecule has 7 nitrogen and oxygen atoms in total. The van der Waals surface area contributed by atoms with Gasteiger partial charge < -0.3 is 24.7 Å². The zero-order valence-corrected chi connectivity index (χ0v) is 34.8. The number of β-amino-alcohol motifs (C(OH)–C–C–N with tert-alkyl or cyclic N) is 1. The molecule has 2 aliphatic heterocycles. The first kappa shape index (κ1) is 44.4. The van der Waals surface area contributed by atoms with E-state index >= 15 is 0 Å². The Morgan fingerprint density at radius 1 is 0.893 bits per heavy atom. The highest BCUT2D eigenvalue weighted by Crippen LogP contribution is 2.61. The molecule has 0 aromatic heterocycles. The van der Waals surface area contributed by atoms with Crippen molar-refractivity contribution in [3.05, 3.63) is 77.4 Å². The van der Waals surface area contributed by atoms with Gasteiger partial charge in [-0.05, 0) is 123 Å². The summed E-state index contributed by atoms with van der Waals surface area (Å²) in [4.78, 5) is 20.4. The maximum absolute atomic E-state index is 13.3. The Morgan fingerprint density at radius 3 is 2.32 bits per heavy atom. The van der Waals surface area contributed by atoms with Crippen LogP contribution >= 0.6 is 36.6 Å². The second-order valence-corrected chi connectivity index (χ2v) is 17.0. The number of carbonyl (C=O) groups is 1. The Balaban J connectivity index is 0.000000211. The zero-order chi connectivity index (χ0) is 38.0. The molecule has 0 radical (unpaired) electrons. The number of aromatic hydroxyl groups is 1. The summed E-state index contributed by atoms with van der Waals surface area (Å²) < 4.78 is 45.8. The third-order valence-electron chi connectivity index (χ3n) is 12.9. The number of carbonyl (C=O) groups excluding carboxylic acids is 1. The number of alkyl halides is 3. The number of aliphatic hydroxyl groups excluding tert-OH is 1. The minimum atomic E-state index is -4.35. The van der Waals surface area contributed by atoms with Gasteiger partial charge in [-0.15, -0.1) is 24.8 Å². The molecule has 13 heteroatoms. The minimum Gasteiger partial charge on any atom is -0.508 e. The van der Waals surface area contributed by atoms with Crippen LogP contribution < -0.4 is 4.90 Å². The monoisotopic (exact) mass is 837 g/mol. The topological polar surface area (TPSA) is 76.5 Å². The van der Waals surface area contributed by atoms with Gasteiger partial charge in [0.25, 0.3) is 0 Å². The smallest absolute Gasteiger partial charge is 0.416 e. The van der Waals surface area contributed by atoms with Crippen LogP contribution in [0.4, 0.5) is 24.5 Å². The predicted octanol–water partition coefficient (Wildman–Crippen LogP) is 9.72. The van der Waals surface area contributed by atoms with Crippen LogP contribution in [0.25, 0.3) is 0 Å². The number of para-hydroxylation sites is 1. The number of anilines is 2. The number of ether oxygens (including phenoxy) is 1. The molecule has 5 unspecified atom stereocenters. The Morgan fingerprint density at radius 2 is 1.61 bits per heavy atom. The maximum Gasteiger partial charge on any atom is 0.416 e. The molecular formula is C43H56Cl2F3N3O4S. The van der Waals surface area contributed by atoms with Gasteiger partial charge >= 0.3 is 12.1 Å². The predicted molar refractivity (Wildman–Crippen MR) is 221 cm³/mol. The molecule has 56 heavy (non-hydrogen) atoms. The normalized spacial score (nSPS) is 25.4. The fraction of sp³-hybridized carbons (Fsp3) is 0.558. The minimum absolute atomic E-state index is 0. The quantitative estimate of drug-likeness (QED) is 0.218. The number of hydrogen-bond acceptors (Lipinski definition) is 8. The first-order chi connectivity index (χ1) is 26.0. The maximum atomic E-state index is 13.3. The van der Waals surface area contributed by atoms with E-state index in [9.17, 15) is 23.1 Å². The van der Waals surface area contributed by atoms with Gasteiger partial charge in [0.05, 0.1) is 23.5 Å². The summed E-state index contributed by atoms with van der Waals surface area (Å²) in [6.07, 6.45) is 3.90. The summed E-state index contributed by atoms with van der Waals surface area (Å²) >= 11 is 1.53. The number of fused-ring (bicyclic) bond motifs is 7. The number of aryl methyl sites for hydroxylation is 1. The van der Waals surface area contributed by atoms with Crippen molar-refractivity contribution in [3.8, 4) is 5.75 Å². The summed E-state index contributed by atoms with van der Waals surface area (Å²) in [7, 11) is 0. The molecule has 3 fully saturated rings. The summed E-state index contributed by atoms with van der Waals surface area (Å²) in [6, 6.07) is 17.9. The van der Waals surface area contributed by atoms with E-state index in [4.69, 9.17) is 9.84 Å². The molecular weight excluding hydrogens is 782 g/mol. The average molecular weight is 839 g/mol. The van der Waals surface area contributed by atoms with Crippen LogP contribution in [0.15, 0.2) is 70.5 Å². The van der Waals surface area contributed by atoms with Crippen molar-refractivity contribution in [2.24, 2.45) is 17.3 Å². The van der Waals surface area contributed by atoms with Gasteiger partial charge in [-0.2, -0.15) is 13.2 Å². The molecule has 3 aromatic carbocycles. The summed E-state index contributed by atoms with van der Waals surface area (Å²) in [5.41, 5.74) is 3.96. The Hall–Kier alpha value is -2.67. The summed E-state index contributed by atoms with van der Waals surface area (Å²) in [5.74, 6) is 2.32. The molecule has 3 aliphatic carbocycles. The van der Waals surface area contributed by atoms with E-state index in [2.05, 4.69) is 22.8 Å². The number of rotatable bonds is 8. The van der Waals surface area contributed by atoms with Gasteiger partial charge in [0, 0.05) is 60.9 Å². The lowest BCUT2D eigenvalue weighted by atomic mass is 9.55. The number of nitrogens with zero attached hydrogens (tertiary/aromatic N) is 3. The van der Waals surface area contributed by atoms with Crippen molar-refractivity contribution in [3.63, 3.8) is 0 Å². The van der Waals surface area contributed by atoms with Crippen molar-refractivity contribution < 1.29 is 32.9 Å². The number of hydrogen-bond donors (Lipinski definition) is 2. The van der Waals surface area contributed by atoms with Crippen molar-refractivity contribution in [1.29, 1.82) is 0 Å².